The van der Waals surface area contributed by atoms with Gasteiger partial charge in [0.2, 0.25) is 0 Å². The molecule has 0 unspecified atom stereocenters. The molecule has 2 heterocycles. The number of nitro groups is 1. The van der Waals surface area contributed by atoms with E-state index in [1.807, 2.05) is 33.8 Å². The van der Waals surface area contributed by atoms with E-state index in [4.69, 9.17) is 9.47 Å². The van der Waals surface area contributed by atoms with Gasteiger partial charge in [0, 0.05) is 44.8 Å². The van der Waals surface area contributed by atoms with E-state index in [9.17, 15) is 19.7 Å². The van der Waals surface area contributed by atoms with Crippen LogP contribution in [0.2, 0.25) is 0 Å². The van der Waals surface area contributed by atoms with Crippen LogP contribution in [0.1, 0.15) is 65.4 Å². The van der Waals surface area contributed by atoms with Crippen LogP contribution >= 0.6 is 0 Å². The molecule has 3 aliphatic rings. The first kappa shape index (κ1) is 28.9. The number of fused-ring (bicyclic) bond motifs is 1. The van der Waals surface area contributed by atoms with Gasteiger partial charge in [0.1, 0.15) is 11.3 Å². The van der Waals surface area contributed by atoms with Crippen molar-refractivity contribution in [1.29, 1.82) is 0 Å². The summed E-state index contributed by atoms with van der Waals surface area (Å²) in [7, 11) is 1.33. The molecule has 0 bridgehead atoms. The molecule has 1 aliphatic carbocycles. The molecule has 11 nitrogen and oxygen atoms in total. The van der Waals surface area contributed by atoms with Crippen LogP contribution < -0.4 is 10.2 Å². The van der Waals surface area contributed by atoms with E-state index in [-0.39, 0.29) is 28.8 Å². The average Bonchev–Trinajstić information content (AvgIpc) is 2.87. The molecule has 39 heavy (non-hydrogen) atoms. The van der Waals surface area contributed by atoms with E-state index in [2.05, 4.69) is 10.2 Å². The molecule has 1 aromatic rings. The summed E-state index contributed by atoms with van der Waals surface area (Å²) in [5, 5.41) is 15.7. The maximum atomic E-state index is 12.4. The Hall–Kier alpha value is -3.08. The Morgan fingerprint density at radius 2 is 1.82 bits per heavy atom. The highest BCUT2D eigenvalue weighted by Crippen LogP contribution is 2.42. The Morgan fingerprint density at radius 1 is 1.10 bits per heavy atom. The third-order valence-corrected chi connectivity index (χ3v) is 8.01. The molecule has 4 rings (SSSR count). The standard InChI is InChI=1S/C28H43N5O6/c1-19-9-10-22-24(32(19)27(35)38-5)12-11-23(25(22)33(36)37)29-21-8-6-7-20(17-21)18-30-13-15-31(16-14-30)26(34)39-28(2,3)4/h11-12,19-21,29H,6-10,13-18H2,1-5H3/t19-,20+,21+/m0/s1. The summed E-state index contributed by atoms with van der Waals surface area (Å²) in [5.41, 5.74) is 1.24. The molecule has 1 aromatic carbocycles. The fourth-order valence-corrected chi connectivity index (χ4v) is 6.13. The minimum absolute atomic E-state index is 0.0636. The van der Waals surface area contributed by atoms with Crippen molar-refractivity contribution in [2.75, 3.05) is 50.1 Å². The average molecular weight is 546 g/mol. The highest BCUT2D eigenvalue weighted by molar-refractivity contribution is 5.92. The monoisotopic (exact) mass is 545 g/mol. The molecule has 1 N–H and O–H groups in total. The van der Waals surface area contributed by atoms with E-state index in [0.29, 0.717) is 48.8 Å². The quantitative estimate of drug-likeness (QED) is 0.405. The van der Waals surface area contributed by atoms with E-state index in [0.717, 1.165) is 45.3 Å². The Morgan fingerprint density at radius 3 is 2.46 bits per heavy atom. The zero-order chi connectivity index (χ0) is 28.3. The number of methoxy groups -OCH3 is 1. The molecule has 1 saturated heterocycles. The van der Waals surface area contributed by atoms with Gasteiger partial charge in [0.25, 0.3) is 5.69 Å². The predicted molar refractivity (Wildman–Crippen MR) is 149 cm³/mol. The second-order valence-electron chi connectivity index (χ2n) is 12.1. The molecule has 2 amide bonds. The van der Waals surface area contributed by atoms with E-state index in [1.165, 1.54) is 12.0 Å². The third-order valence-electron chi connectivity index (χ3n) is 8.01. The van der Waals surface area contributed by atoms with Crippen LogP contribution in [0.25, 0.3) is 0 Å². The van der Waals surface area contributed by atoms with Crippen LogP contribution in [-0.2, 0) is 15.9 Å². The number of hydrogen-bond donors (Lipinski definition) is 1. The summed E-state index contributed by atoms with van der Waals surface area (Å²) in [6.45, 7) is 11.5. The van der Waals surface area contributed by atoms with Gasteiger partial charge in [-0.05, 0) is 77.8 Å². The lowest BCUT2D eigenvalue weighted by Crippen LogP contribution is -2.51. The summed E-state index contributed by atoms with van der Waals surface area (Å²) >= 11 is 0. The number of nitrogens with zero attached hydrogens (tertiary/aromatic N) is 4. The molecular formula is C28H43N5O6. The number of rotatable bonds is 5. The summed E-state index contributed by atoms with van der Waals surface area (Å²) in [5.74, 6) is 0.483. The SMILES string of the molecule is COC(=O)N1c2ccc(N[C@@H]3CCC[C@@H](CN4CCN(C(=O)OC(C)(C)C)CC4)C3)c([N+](=O)[O-])c2CC[C@@H]1C. The molecule has 2 fully saturated rings. The van der Waals surface area contributed by atoms with Crippen LogP contribution in [0.4, 0.5) is 26.7 Å². The second-order valence-corrected chi connectivity index (χ2v) is 12.1. The Labute approximate surface area is 230 Å². The van der Waals surface area contributed by atoms with Gasteiger partial charge in [0.15, 0.2) is 0 Å². The zero-order valence-electron chi connectivity index (χ0n) is 23.9. The normalized spacial score (nSPS) is 24.1. The molecule has 2 aliphatic heterocycles. The number of amides is 2. The van der Waals surface area contributed by atoms with Crippen LogP contribution in [0, 0.1) is 16.0 Å². The highest BCUT2D eigenvalue weighted by atomic mass is 16.6. The van der Waals surface area contributed by atoms with Gasteiger partial charge < -0.3 is 19.7 Å². The van der Waals surface area contributed by atoms with E-state index < -0.39 is 11.7 Å². The van der Waals surface area contributed by atoms with Crippen molar-refractivity contribution in [2.24, 2.45) is 5.92 Å². The summed E-state index contributed by atoms with van der Waals surface area (Å²) in [4.78, 5) is 42.4. The maximum Gasteiger partial charge on any atom is 0.414 e. The number of nitrogens with one attached hydrogen (secondary N) is 1. The van der Waals surface area contributed by atoms with Gasteiger partial charge in [-0.2, -0.15) is 0 Å². The molecular weight excluding hydrogens is 502 g/mol. The minimum atomic E-state index is -0.500. The van der Waals surface area contributed by atoms with Crippen molar-refractivity contribution in [2.45, 2.75) is 83.9 Å². The topological polar surface area (TPSA) is 117 Å². The van der Waals surface area contributed by atoms with Gasteiger partial charge >= 0.3 is 12.2 Å². The summed E-state index contributed by atoms with van der Waals surface area (Å²) in [6, 6.07) is 3.60. The number of hydrogen-bond acceptors (Lipinski definition) is 8. The molecule has 1 saturated carbocycles. The van der Waals surface area contributed by atoms with Gasteiger partial charge in [0.05, 0.1) is 23.3 Å². The lowest BCUT2D eigenvalue weighted by Gasteiger charge is -2.39. The number of piperazine rings is 1. The first-order chi connectivity index (χ1) is 18.5. The van der Waals surface area contributed by atoms with Crippen molar-refractivity contribution < 1.29 is 24.0 Å². The van der Waals surface area contributed by atoms with Gasteiger partial charge in [-0.1, -0.05) is 6.42 Å². The molecule has 0 spiro atoms. The molecule has 216 valence electrons. The van der Waals surface area contributed by atoms with Gasteiger partial charge in [-0.25, -0.2) is 9.59 Å². The largest absolute Gasteiger partial charge is 0.452 e. The number of carbonyl (C=O) groups excluding carboxylic acids is 2. The first-order valence-corrected chi connectivity index (χ1v) is 14.1. The predicted octanol–water partition coefficient (Wildman–Crippen LogP) is 5.03. The van der Waals surface area contributed by atoms with Crippen molar-refractivity contribution >= 4 is 29.2 Å². The summed E-state index contributed by atoms with van der Waals surface area (Å²) < 4.78 is 10.5. The molecule has 3 atom stereocenters. The number of nitro benzene ring substituents is 1. The van der Waals surface area contributed by atoms with Gasteiger partial charge in [-0.15, -0.1) is 0 Å². The van der Waals surface area contributed by atoms with Crippen LogP contribution in [0.3, 0.4) is 0 Å². The second kappa shape index (κ2) is 12.0. The minimum Gasteiger partial charge on any atom is -0.452 e. The maximum absolute atomic E-state index is 12.4. The fraction of sp³-hybridized carbons (Fsp3) is 0.714. The van der Waals surface area contributed by atoms with E-state index in [1.54, 1.807) is 11.0 Å². The van der Waals surface area contributed by atoms with Crippen LogP contribution in [0.5, 0.6) is 0 Å². The van der Waals surface area contributed by atoms with Crippen molar-refractivity contribution in [1.82, 2.24) is 9.80 Å². The van der Waals surface area contributed by atoms with Crippen molar-refractivity contribution in [3.63, 3.8) is 0 Å². The van der Waals surface area contributed by atoms with Crippen LogP contribution in [0.15, 0.2) is 12.1 Å². The number of anilines is 2. The first-order valence-electron chi connectivity index (χ1n) is 14.1. The number of benzene rings is 1. The highest BCUT2D eigenvalue weighted by Gasteiger charge is 2.36. The number of ether oxygens (including phenoxy) is 2. The van der Waals surface area contributed by atoms with Crippen molar-refractivity contribution in [3.05, 3.63) is 27.8 Å². The Kier molecular flexibility index (Phi) is 8.88. The zero-order valence-corrected chi connectivity index (χ0v) is 23.9. The van der Waals surface area contributed by atoms with Crippen molar-refractivity contribution in [3.8, 4) is 0 Å². The molecule has 11 heteroatoms. The molecule has 0 aromatic heterocycles. The Bertz CT molecular complexity index is 1070. The van der Waals surface area contributed by atoms with E-state index >= 15 is 0 Å². The summed E-state index contributed by atoms with van der Waals surface area (Å²) in [6.07, 6.45) is 4.52. The molecule has 0 radical (unpaired) electrons. The lowest BCUT2D eigenvalue weighted by molar-refractivity contribution is -0.384. The number of carbonyl (C=O) groups is 2. The van der Waals surface area contributed by atoms with Gasteiger partial charge in [-0.3, -0.25) is 19.9 Å². The van der Waals surface area contributed by atoms with Crippen LogP contribution in [-0.4, -0.2) is 84.4 Å². The lowest BCUT2D eigenvalue weighted by atomic mass is 9.85. The Balaban J connectivity index is 1.38. The fourth-order valence-electron chi connectivity index (χ4n) is 6.13. The third kappa shape index (κ3) is 6.93. The smallest absolute Gasteiger partial charge is 0.414 e.